The summed E-state index contributed by atoms with van der Waals surface area (Å²) >= 11 is 0. The van der Waals surface area contributed by atoms with Crippen LogP contribution in [0.1, 0.15) is 10.4 Å². The smallest absolute Gasteiger partial charge is 0.378 e. The number of nitro benzene ring substituents is 1. The summed E-state index contributed by atoms with van der Waals surface area (Å²) in [6.45, 7) is -1.28. The molecule has 0 fully saturated rings. The molecule has 0 saturated carbocycles. The second-order valence-corrected chi connectivity index (χ2v) is 4.72. The van der Waals surface area contributed by atoms with Crippen LogP contribution < -0.4 is 0 Å². The maximum atomic E-state index is 12.0. The predicted octanol–water partition coefficient (Wildman–Crippen LogP) is -0.314. The van der Waals surface area contributed by atoms with Gasteiger partial charge in [-0.1, -0.05) is 0 Å². The van der Waals surface area contributed by atoms with Gasteiger partial charge in [0.05, 0.1) is 10.5 Å². The van der Waals surface area contributed by atoms with Gasteiger partial charge in [0.15, 0.2) is 5.76 Å². The van der Waals surface area contributed by atoms with Crippen molar-refractivity contribution in [1.29, 1.82) is 0 Å². The SMILES string of the molecule is O=C1O[C@H]([C@@](O)(CO)OC(=O)c2ccc([N+](=O)[O-])cc2)C(O)=C1O. The van der Waals surface area contributed by atoms with Gasteiger partial charge in [-0.15, -0.1) is 0 Å². The van der Waals surface area contributed by atoms with Crippen LogP contribution in [-0.4, -0.2) is 55.8 Å². The zero-order chi connectivity index (χ0) is 18.1. The molecule has 4 N–H and O–H groups in total. The van der Waals surface area contributed by atoms with Gasteiger partial charge in [-0.05, 0) is 12.1 Å². The van der Waals surface area contributed by atoms with Gasteiger partial charge in [-0.2, -0.15) is 0 Å². The van der Waals surface area contributed by atoms with Gasteiger partial charge in [0, 0.05) is 12.1 Å². The van der Waals surface area contributed by atoms with Gasteiger partial charge < -0.3 is 29.9 Å². The number of non-ortho nitro benzene ring substituents is 1. The molecule has 2 rings (SSSR count). The van der Waals surface area contributed by atoms with Crippen molar-refractivity contribution in [2.24, 2.45) is 0 Å². The van der Waals surface area contributed by atoms with Crippen molar-refractivity contribution < 1.29 is 44.4 Å². The van der Waals surface area contributed by atoms with Crippen LogP contribution in [0.2, 0.25) is 0 Å². The summed E-state index contributed by atoms with van der Waals surface area (Å²) < 4.78 is 9.08. The Balaban J connectivity index is 2.22. The molecule has 1 aromatic rings. The first kappa shape index (κ1) is 17.2. The first-order chi connectivity index (χ1) is 11.2. The van der Waals surface area contributed by atoms with E-state index in [4.69, 9.17) is 0 Å². The maximum absolute atomic E-state index is 12.0. The molecule has 1 aromatic carbocycles. The van der Waals surface area contributed by atoms with Gasteiger partial charge >= 0.3 is 11.9 Å². The van der Waals surface area contributed by atoms with Crippen LogP contribution >= 0.6 is 0 Å². The number of hydrogen-bond donors (Lipinski definition) is 4. The van der Waals surface area contributed by atoms with E-state index in [1.54, 1.807) is 0 Å². The lowest BCUT2D eigenvalue weighted by Crippen LogP contribution is -2.50. The highest BCUT2D eigenvalue weighted by Crippen LogP contribution is 2.29. The number of esters is 2. The van der Waals surface area contributed by atoms with E-state index in [1.165, 1.54) is 0 Å². The zero-order valence-corrected chi connectivity index (χ0v) is 11.8. The van der Waals surface area contributed by atoms with Gasteiger partial charge in [0.2, 0.25) is 11.9 Å². The van der Waals surface area contributed by atoms with Crippen molar-refractivity contribution in [3.8, 4) is 0 Å². The molecular formula is C13H11NO10. The molecule has 0 aliphatic carbocycles. The van der Waals surface area contributed by atoms with Gasteiger partial charge in [-0.25, -0.2) is 9.59 Å². The lowest BCUT2D eigenvalue weighted by atomic mass is 10.1. The lowest BCUT2D eigenvalue weighted by molar-refractivity contribution is -0.384. The van der Waals surface area contributed by atoms with Crippen molar-refractivity contribution in [3.05, 3.63) is 51.5 Å². The third-order valence-electron chi connectivity index (χ3n) is 3.13. The predicted molar refractivity (Wildman–Crippen MR) is 72.7 cm³/mol. The van der Waals surface area contributed by atoms with Gasteiger partial charge in [0.25, 0.3) is 11.5 Å². The summed E-state index contributed by atoms with van der Waals surface area (Å²) in [5, 5.41) is 48.6. The van der Waals surface area contributed by atoms with E-state index in [9.17, 15) is 40.1 Å². The third kappa shape index (κ3) is 2.98. The second-order valence-electron chi connectivity index (χ2n) is 4.72. The summed E-state index contributed by atoms with van der Waals surface area (Å²) in [5.74, 6) is -7.79. The molecular weight excluding hydrogens is 330 g/mol. The van der Waals surface area contributed by atoms with Crippen LogP contribution in [0, 0.1) is 10.1 Å². The molecule has 1 heterocycles. The largest absolute Gasteiger partial charge is 0.505 e. The Morgan fingerprint density at radius 3 is 2.33 bits per heavy atom. The first-order valence-corrected chi connectivity index (χ1v) is 6.33. The van der Waals surface area contributed by atoms with Crippen LogP contribution in [0.5, 0.6) is 0 Å². The molecule has 0 unspecified atom stereocenters. The fourth-order valence-corrected chi connectivity index (χ4v) is 1.86. The number of benzene rings is 1. The monoisotopic (exact) mass is 341 g/mol. The Morgan fingerprint density at radius 1 is 1.33 bits per heavy atom. The number of nitrogens with zero attached hydrogens (tertiary/aromatic N) is 1. The summed E-state index contributed by atoms with van der Waals surface area (Å²) in [5.41, 5.74) is -0.510. The van der Waals surface area contributed by atoms with E-state index in [0.29, 0.717) is 0 Å². The Kier molecular flexibility index (Phi) is 4.39. The molecule has 0 spiro atoms. The van der Waals surface area contributed by atoms with Crippen molar-refractivity contribution >= 4 is 17.6 Å². The summed E-state index contributed by atoms with van der Waals surface area (Å²) in [7, 11) is 0. The molecule has 0 bridgehead atoms. The number of aliphatic hydroxyl groups excluding tert-OH is 3. The third-order valence-corrected chi connectivity index (χ3v) is 3.13. The molecule has 11 nitrogen and oxygen atoms in total. The molecule has 128 valence electrons. The number of cyclic esters (lactones) is 1. The number of nitro groups is 1. The van der Waals surface area contributed by atoms with E-state index in [1.807, 2.05) is 0 Å². The molecule has 0 saturated heterocycles. The fourth-order valence-electron chi connectivity index (χ4n) is 1.86. The number of carbonyl (C=O) groups is 2. The van der Waals surface area contributed by atoms with Gasteiger partial charge in [0.1, 0.15) is 6.61 Å². The van der Waals surface area contributed by atoms with E-state index in [2.05, 4.69) is 9.47 Å². The Morgan fingerprint density at radius 2 is 1.92 bits per heavy atom. The normalized spacial score (nSPS) is 19.6. The molecule has 1 aliphatic rings. The number of carbonyl (C=O) groups excluding carboxylic acids is 2. The number of ether oxygens (including phenoxy) is 2. The van der Waals surface area contributed by atoms with Crippen LogP contribution in [0.15, 0.2) is 35.8 Å². The van der Waals surface area contributed by atoms with E-state index in [-0.39, 0.29) is 11.3 Å². The number of aliphatic hydroxyl groups is 4. The van der Waals surface area contributed by atoms with E-state index in [0.717, 1.165) is 24.3 Å². The topological polar surface area (TPSA) is 177 Å². The maximum Gasteiger partial charge on any atom is 0.378 e. The molecule has 11 heteroatoms. The Bertz CT molecular complexity index is 725. The highest BCUT2D eigenvalue weighted by molar-refractivity contribution is 5.91. The molecule has 0 amide bonds. The van der Waals surface area contributed by atoms with Gasteiger partial charge in [-0.3, -0.25) is 10.1 Å². The van der Waals surface area contributed by atoms with Crippen LogP contribution in [0.4, 0.5) is 5.69 Å². The minimum Gasteiger partial charge on any atom is -0.505 e. The van der Waals surface area contributed by atoms with Crippen molar-refractivity contribution in [1.82, 2.24) is 0 Å². The Labute approximate surface area is 133 Å². The molecule has 24 heavy (non-hydrogen) atoms. The summed E-state index contributed by atoms with van der Waals surface area (Å²) in [4.78, 5) is 32.9. The molecule has 1 aliphatic heterocycles. The quantitative estimate of drug-likeness (QED) is 0.240. The number of hydrogen-bond acceptors (Lipinski definition) is 10. The fraction of sp³-hybridized carbons (Fsp3) is 0.231. The standard InChI is InChI=1S/C13H11NO10/c15-5-13(20,10-8(16)9(17)12(19)23-10)24-11(18)6-1-3-7(4-2-6)14(21)22/h1-4,10,15-17,20H,5H2/t10-,13+/m0/s1. The van der Waals surface area contributed by atoms with Crippen molar-refractivity contribution in [3.63, 3.8) is 0 Å². The second kappa shape index (κ2) is 6.14. The first-order valence-electron chi connectivity index (χ1n) is 6.33. The number of rotatable bonds is 5. The molecule has 0 aromatic heterocycles. The van der Waals surface area contributed by atoms with E-state index < -0.39 is 46.9 Å². The van der Waals surface area contributed by atoms with Crippen LogP contribution in [-0.2, 0) is 14.3 Å². The average Bonchev–Trinajstić information content (AvgIpc) is 2.82. The van der Waals surface area contributed by atoms with Crippen molar-refractivity contribution in [2.75, 3.05) is 6.61 Å². The highest BCUT2D eigenvalue weighted by atomic mass is 16.7. The molecule has 2 atom stereocenters. The van der Waals surface area contributed by atoms with E-state index >= 15 is 0 Å². The minimum absolute atomic E-state index is 0.218. The van der Waals surface area contributed by atoms with Crippen LogP contribution in [0.3, 0.4) is 0 Å². The minimum atomic E-state index is -2.87. The highest BCUT2D eigenvalue weighted by Gasteiger charge is 2.52. The van der Waals surface area contributed by atoms with Crippen molar-refractivity contribution in [2.45, 2.75) is 11.9 Å². The summed E-state index contributed by atoms with van der Waals surface area (Å²) in [6, 6.07) is 4.08. The molecule has 0 radical (unpaired) electrons. The average molecular weight is 341 g/mol. The van der Waals surface area contributed by atoms with Crippen LogP contribution in [0.25, 0.3) is 0 Å². The summed E-state index contributed by atoms with van der Waals surface area (Å²) in [6.07, 6.45) is -2.03. The zero-order valence-electron chi connectivity index (χ0n) is 11.8. The lowest BCUT2D eigenvalue weighted by Gasteiger charge is -2.29. The Hall–Kier alpha value is -3.18.